The molecule has 0 aliphatic carbocycles. The van der Waals surface area contributed by atoms with Crippen LogP contribution >= 0.6 is 11.8 Å². The summed E-state index contributed by atoms with van der Waals surface area (Å²) in [6.45, 7) is 1.37. The largest absolute Gasteiger partial charge is 0.331 e. The number of benzene rings is 1. The van der Waals surface area contributed by atoms with E-state index in [0.29, 0.717) is 6.54 Å². The number of carbonyl (C=O) groups is 1. The van der Waals surface area contributed by atoms with Gasteiger partial charge in [0.25, 0.3) is 0 Å². The van der Waals surface area contributed by atoms with E-state index in [9.17, 15) is 4.79 Å². The van der Waals surface area contributed by atoms with Crippen LogP contribution in [-0.4, -0.2) is 26.5 Å². The highest BCUT2D eigenvalue weighted by atomic mass is 32.2. The number of amides is 2. The van der Waals surface area contributed by atoms with Crippen LogP contribution in [0.3, 0.4) is 0 Å². The average Bonchev–Trinajstić information content (AvgIpc) is 3.04. The van der Waals surface area contributed by atoms with Gasteiger partial charge < -0.3 is 15.2 Å². The molecule has 0 radical (unpaired) electrons. The van der Waals surface area contributed by atoms with Crippen LogP contribution in [0, 0.1) is 0 Å². The molecule has 1 atom stereocenters. The number of nitrogens with one attached hydrogen (secondary N) is 2. The molecule has 2 aliphatic rings. The summed E-state index contributed by atoms with van der Waals surface area (Å²) in [7, 11) is 0. The summed E-state index contributed by atoms with van der Waals surface area (Å²) < 4.78 is 2.14. The number of hydrogen-bond donors (Lipinski definition) is 2. The van der Waals surface area contributed by atoms with Gasteiger partial charge in [-0.15, -0.1) is 22.0 Å². The lowest BCUT2D eigenvalue weighted by molar-refractivity contribution is 0.235. The van der Waals surface area contributed by atoms with E-state index in [1.54, 1.807) is 0 Å². The molecule has 126 valence electrons. The highest BCUT2D eigenvalue weighted by Crippen LogP contribution is 2.35. The molecule has 3 heterocycles. The molecule has 2 aliphatic heterocycles. The van der Waals surface area contributed by atoms with Crippen molar-refractivity contribution in [3.05, 3.63) is 41.5 Å². The average molecular weight is 343 g/mol. The normalized spacial score (nSPS) is 19.2. The van der Waals surface area contributed by atoms with Crippen molar-refractivity contribution in [2.75, 3.05) is 5.75 Å². The van der Waals surface area contributed by atoms with Crippen LogP contribution < -0.4 is 10.6 Å². The van der Waals surface area contributed by atoms with Crippen molar-refractivity contribution < 1.29 is 4.79 Å². The van der Waals surface area contributed by atoms with E-state index < -0.39 is 0 Å². The number of nitrogens with zero attached hydrogens (tertiary/aromatic N) is 3. The molecule has 0 bridgehead atoms. The van der Waals surface area contributed by atoms with Crippen molar-refractivity contribution in [3.63, 3.8) is 0 Å². The highest BCUT2D eigenvalue weighted by molar-refractivity contribution is 7.99. The molecule has 0 fully saturated rings. The summed E-state index contributed by atoms with van der Waals surface area (Å²) in [6.07, 6.45) is 4.26. The van der Waals surface area contributed by atoms with E-state index in [-0.39, 0.29) is 12.1 Å². The van der Waals surface area contributed by atoms with Crippen molar-refractivity contribution in [2.24, 2.45) is 0 Å². The minimum Gasteiger partial charge on any atom is -0.331 e. The molecule has 24 heavy (non-hydrogen) atoms. The van der Waals surface area contributed by atoms with Gasteiger partial charge in [0, 0.05) is 23.6 Å². The van der Waals surface area contributed by atoms with E-state index in [4.69, 9.17) is 0 Å². The summed E-state index contributed by atoms with van der Waals surface area (Å²) in [4.78, 5) is 13.6. The smallest absolute Gasteiger partial charge is 0.315 e. The number of rotatable bonds is 3. The van der Waals surface area contributed by atoms with E-state index in [0.717, 1.165) is 43.2 Å². The van der Waals surface area contributed by atoms with Gasteiger partial charge in [-0.25, -0.2) is 4.79 Å². The number of thioether (sulfide) groups is 1. The molecular weight excluding hydrogens is 322 g/mol. The second-order valence-electron chi connectivity index (χ2n) is 6.20. The van der Waals surface area contributed by atoms with Crippen molar-refractivity contribution in [1.82, 2.24) is 25.4 Å². The molecule has 2 N–H and O–H groups in total. The zero-order valence-electron chi connectivity index (χ0n) is 13.5. The predicted molar refractivity (Wildman–Crippen MR) is 92.9 cm³/mol. The molecule has 4 rings (SSSR count). The molecule has 2 aromatic rings. The molecule has 0 saturated carbocycles. The molecule has 1 aromatic heterocycles. The number of carbonyl (C=O) groups excluding carboxylic acids is 1. The third-order valence-corrected chi connectivity index (χ3v) is 5.73. The van der Waals surface area contributed by atoms with Crippen LogP contribution in [-0.2, 0) is 19.5 Å². The third kappa shape index (κ3) is 3.13. The van der Waals surface area contributed by atoms with Crippen LogP contribution in [0.4, 0.5) is 4.79 Å². The molecule has 1 aromatic carbocycles. The molecule has 0 saturated heterocycles. The number of urea groups is 1. The Morgan fingerprint density at radius 2 is 2.21 bits per heavy atom. The van der Waals surface area contributed by atoms with Gasteiger partial charge >= 0.3 is 6.03 Å². The fourth-order valence-electron chi connectivity index (χ4n) is 3.36. The maximum absolute atomic E-state index is 12.3. The summed E-state index contributed by atoms with van der Waals surface area (Å²) in [5.41, 5.74) is 1.21. The van der Waals surface area contributed by atoms with Crippen LogP contribution in [0.2, 0.25) is 0 Å². The maximum Gasteiger partial charge on any atom is 0.315 e. The van der Waals surface area contributed by atoms with Crippen LogP contribution in [0.15, 0.2) is 29.2 Å². The van der Waals surface area contributed by atoms with Crippen LogP contribution in [0.25, 0.3) is 0 Å². The van der Waals surface area contributed by atoms with Gasteiger partial charge in [0.15, 0.2) is 5.82 Å². The summed E-state index contributed by atoms with van der Waals surface area (Å²) in [5, 5.41) is 14.5. The quantitative estimate of drug-likeness (QED) is 0.899. The third-order valence-electron chi connectivity index (χ3n) is 4.61. The van der Waals surface area contributed by atoms with Gasteiger partial charge in [0.1, 0.15) is 5.82 Å². The van der Waals surface area contributed by atoms with Crippen LogP contribution in [0.5, 0.6) is 0 Å². The Kier molecular flexibility index (Phi) is 4.42. The van der Waals surface area contributed by atoms with E-state index >= 15 is 0 Å². The van der Waals surface area contributed by atoms with E-state index in [1.807, 2.05) is 23.9 Å². The van der Waals surface area contributed by atoms with Gasteiger partial charge in [-0.1, -0.05) is 18.2 Å². The van der Waals surface area contributed by atoms with Crippen LogP contribution in [0.1, 0.15) is 42.5 Å². The Labute approximate surface area is 145 Å². The highest BCUT2D eigenvalue weighted by Gasteiger charge is 2.22. The number of fused-ring (bicyclic) bond motifs is 2. The standard InChI is InChI=1S/C17H21N5OS/c23-17(18-11-16-21-20-15-7-3-4-9-22(15)16)19-13-8-10-24-14-6-2-1-5-12(13)14/h1-2,5-6,13H,3-4,7-11H2,(H2,18,19,23)/t13-/m1/s1. The van der Waals surface area contributed by atoms with Crippen molar-refractivity contribution in [2.45, 2.75) is 49.7 Å². The van der Waals surface area contributed by atoms with Gasteiger partial charge in [-0.05, 0) is 30.9 Å². The Hall–Kier alpha value is -2.02. The maximum atomic E-state index is 12.3. The Morgan fingerprint density at radius 1 is 1.29 bits per heavy atom. The van der Waals surface area contributed by atoms with E-state index in [1.165, 1.54) is 16.9 Å². The molecule has 0 spiro atoms. The second-order valence-corrected chi connectivity index (χ2v) is 7.33. The van der Waals surface area contributed by atoms with Gasteiger partial charge in [0.2, 0.25) is 0 Å². The Morgan fingerprint density at radius 3 is 3.17 bits per heavy atom. The number of aryl methyl sites for hydroxylation is 1. The number of hydrogen-bond acceptors (Lipinski definition) is 4. The molecule has 7 heteroatoms. The van der Waals surface area contributed by atoms with Gasteiger partial charge in [-0.3, -0.25) is 0 Å². The van der Waals surface area contributed by atoms with Gasteiger partial charge in [0.05, 0.1) is 12.6 Å². The minimum absolute atomic E-state index is 0.0785. The lowest BCUT2D eigenvalue weighted by Crippen LogP contribution is -2.39. The lowest BCUT2D eigenvalue weighted by atomic mass is 10.0. The Bertz CT molecular complexity index is 744. The fraction of sp³-hybridized carbons (Fsp3) is 0.471. The first-order chi connectivity index (χ1) is 11.8. The van der Waals surface area contributed by atoms with Crippen molar-refractivity contribution in [3.8, 4) is 0 Å². The molecule has 6 nitrogen and oxygen atoms in total. The summed E-state index contributed by atoms with van der Waals surface area (Å²) in [6, 6.07) is 8.22. The fourth-order valence-corrected chi connectivity index (χ4v) is 4.49. The summed E-state index contributed by atoms with van der Waals surface area (Å²) >= 11 is 1.85. The van der Waals surface area contributed by atoms with Crippen molar-refractivity contribution in [1.29, 1.82) is 0 Å². The summed E-state index contributed by atoms with van der Waals surface area (Å²) in [5.74, 6) is 2.91. The molecular formula is C17H21N5OS. The predicted octanol–water partition coefficient (Wildman–Crippen LogP) is 2.65. The molecule has 2 amide bonds. The van der Waals surface area contributed by atoms with Crippen molar-refractivity contribution >= 4 is 17.8 Å². The lowest BCUT2D eigenvalue weighted by Gasteiger charge is -2.26. The number of aromatic nitrogens is 3. The second kappa shape index (κ2) is 6.84. The molecule has 0 unspecified atom stereocenters. The minimum atomic E-state index is -0.144. The topological polar surface area (TPSA) is 71.8 Å². The first kappa shape index (κ1) is 15.5. The first-order valence-electron chi connectivity index (χ1n) is 8.48. The SMILES string of the molecule is O=C(NCc1nnc2n1CCCC2)N[C@@H]1CCSc2ccccc21. The first-order valence-corrected chi connectivity index (χ1v) is 9.47. The monoisotopic (exact) mass is 343 g/mol. The zero-order valence-corrected chi connectivity index (χ0v) is 14.3. The van der Waals surface area contributed by atoms with E-state index in [2.05, 4.69) is 37.5 Å². The Balaban J connectivity index is 1.37. The van der Waals surface area contributed by atoms with Gasteiger partial charge in [-0.2, -0.15) is 0 Å². The zero-order chi connectivity index (χ0) is 16.4.